The maximum Gasteiger partial charge on any atom is 0.306 e. The van der Waals surface area contributed by atoms with Crippen molar-refractivity contribution in [2.75, 3.05) is 20.6 Å². The third-order valence-corrected chi connectivity index (χ3v) is 4.62. The molecule has 2 aromatic rings. The summed E-state index contributed by atoms with van der Waals surface area (Å²) in [5.41, 5.74) is 3.30. The summed E-state index contributed by atoms with van der Waals surface area (Å²) >= 11 is 0. The Morgan fingerprint density at radius 3 is 2.96 bits per heavy atom. The molecule has 1 aromatic carbocycles. The lowest BCUT2D eigenvalue weighted by molar-refractivity contribution is -0.0532. The second-order valence-corrected chi connectivity index (χ2v) is 6.50. The van der Waals surface area contributed by atoms with Crippen molar-refractivity contribution in [2.24, 2.45) is 4.99 Å². The predicted molar refractivity (Wildman–Crippen MR) is 96.7 cm³/mol. The van der Waals surface area contributed by atoms with Crippen molar-refractivity contribution >= 4 is 11.9 Å². The number of carbonyl (C=O) groups excluding carboxylic acids is 1. The number of hydroxylamine groups is 2. The van der Waals surface area contributed by atoms with Crippen LogP contribution in [-0.4, -0.2) is 52.1 Å². The van der Waals surface area contributed by atoms with Gasteiger partial charge in [-0.15, -0.1) is 5.06 Å². The maximum absolute atomic E-state index is 12.7. The van der Waals surface area contributed by atoms with Gasteiger partial charge in [-0.05, 0) is 18.6 Å². The van der Waals surface area contributed by atoms with E-state index in [1.807, 2.05) is 42.9 Å². The lowest BCUT2D eigenvalue weighted by Crippen LogP contribution is -2.29. The second-order valence-electron chi connectivity index (χ2n) is 6.50. The van der Waals surface area contributed by atoms with E-state index in [2.05, 4.69) is 22.2 Å². The molecule has 0 saturated carbocycles. The summed E-state index contributed by atoms with van der Waals surface area (Å²) in [5, 5.41) is 4.98. The maximum atomic E-state index is 12.7. The number of benzene rings is 1. The van der Waals surface area contributed by atoms with Crippen LogP contribution < -0.4 is 5.32 Å². The molecule has 2 aliphatic heterocycles. The van der Waals surface area contributed by atoms with E-state index in [9.17, 15) is 4.79 Å². The van der Waals surface area contributed by atoms with Gasteiger partial charge in [-0.2, -0.15) is 0 Å². The highest BCUT2D eigenvalue weighted by molar-refractivity contribution is 5.98. The van der Waals surface area contributed by atoms with E-state index in [1.165, 1.54) is 0 Å². The lowest BCUT2D eigenvalue weighted by Gasteiger charge is -2.18. The number of rotatable bonds is 3. The van der Waals surface area contributed by atoms with E-state index in [0.717, 1.165) is 23.5 Å². The number of aromatic nitrogens is 2. The molecule has 1 unspecified atom stereocenters. The summed E-state index contributed by atoms with van der Waals surface area (Å²) in [6.45, 7) is 3.24. The average Bonchev–Trinajstić information content (AvgIpc) is 3.19. The quantitative estimate of drug-likeness (QED) is 0.908. The van der Waals surface area contributed by atoms with Crippen LogP contribution in [0.25, 0.3) is 5.69 Å². The van der Waals surface area contributed by atoms with Crippen molar-refractivity contribution in [1.29, 1.82) is 0 Å². The van der Waals surface area contributed by atoms with Gasteiger partial charge in [-0.25, -0.2) is 9.98 Å². The van der Waals surface area contributed by atoms with E-state index >= 15 is 0 Å². The zero-order valence-electron chi connectivity index (χ0n) is 15.1. The van der Waals surface area contributed by atoms with Crippen molar-refractivity contribution in [2.45, 2.75) is 26.1 Å². The van der Waals surface area contributed by atoms with Gasteiger partial charge >= 0.3 is 6.02 Å². The van der Waals surface area contributed by atoms with E-state index in [1.54, 1.807) is 16.3 Å². The monoisotopic (exact) mass is 354 g/mol. The van der Waals surface area contributed by atoms with Gasteiger partial charge in [-0.3, -0.25) is 4.79 Å². The molecule has 1 atom stereocenters. The fourth-order valence-corrected chi connectivity index (χ4v) is 3.30. The molecule has 0 radical (unpaired) electrons. The normalized spacial score (nSPS) is 21.2. The SMILES string of the molecule is CCCN=C1NC(c2ncn3c2CN(C)C(=O)c2ccccc2-3)N(C)O1. The molecular formula is C18H22N6O2. The van der Waals surface area contributed by atoms with Crippen molar-refractivity contribution < 1.29 is 9.63 Å². The molecular weight excluding hydrogens is 332 g/mol. The van der Waals surface area contributed by atoms with Crippen LogP contribution in [0, 0.1) is 0 Å². The largest absolute Gasteiger partial charge is 0.366 e. The van der Waals surface area contributed by atoms with E-state index in [0.29, 0.717) is 24.7 Å². The van der Waals surface area contributed by atoms with Gasteiger partial charge in [-0.1, -0.05) is 19.1 Å². The van der Waals surface area contributed by atoms with Crippen LogP contribution in [0.1, 0.15) is 41.3 Å². The summed E-state index contributed by atoms with van der Waals surface area (Å²) in [7, 11) is 3.65. The highest BCUT2D eigenvalue weighted by Gasteiger charge is 2.35. The zero-order chi connectivity index (χ0) is 18.3. The first kappa shape index (κ1) is 16.6. The first-order valence-corrected chi connectivity index (χ1v) is 8.73. The molecule has 1 aromatic heterocycles. The first-order valence-electron chi connectivity index (χ1n) is 8.73. The Labute approximate surface area is 152 Å². The molecule has 1 N–H and O–H groups in total. The molecule has 1 fully saturated rings. The highest BCUT2D eigenvalue weighted by Crippen LogP contribution is 2.30. The Kier molecular flexibility index (Phi) is 4.12. The molecule has 0 spiro atoms. The predicted octanol–water partition coefficient (Wildman–Crippen LogP) is 1.69. The van der Waals surface area contributed by atoms with Crippen molar-refractivity contribution in [3.05, 3.63) is 47.5 Å². The molecule has 3 heterocycles. The number of hydrogen-bond donors (Lipinski definition) is 1. The van der Waals surface area contributed by atoms with Crippen LogP contribution >= 0.6 is 0 Å². The Morgan fingerprint density at radius 1 is 1.35 bits per heavy atom. The van der Waals surface area contributed by atoms with Crippen LogP contribution in [0.2, 0.25) is 0 Å². The van der Waals surface area contributed by atoms with Crippen LogP contribution in [0.5, 0.6) is 0 Å². The molecule has 1 amide bonds. The van der Waals surface area contributed by atoms with Gasteiger partial charge in [0.05, 0.1) is 29.8 Å². The molecule has 0 aliphatic carbocycles. The minimum absolute atomic E-state index is 0.00410. The van der Waals surface area contributed by atoms with E-state index in [4.69, 9.17) is 4.84 Å². The third kappa shape index (κ3) is 2.62. The molecule has 2 aliphatic rings. The number of hydrogen-bond acceptors (Lipinski definition) is 5. The summed E-state index contributed by atoms with van der Waals surface area (Å²) in [6, 6.07) is 8.10. The Bertz CT molecular complexity index is 874. The number of nitrogens with one attached hydrogen (secondary N) is 1. The molecule has 0 bridgehead atoms. The smallest absolute Gasteiger partial charge is 0.306 e. The number of nitrogens with zero attached hydrogens (tertiary/aromatic N) is 5. The Morgan fingerprint density at radius 2 is 2.15 bits per heavy atom. The van der Waals surface area contributed by atoms with Gasteiger partial charge in [0.1, 0.15) is 5.69 Å². The topological polar surface area (TPSA) is 75.0 Å². The fraction of sp³-hybridized carbons (Fsp3) is 0.389. The van der Waals surface area contributed by atoms with E-state index in [-0.39, 0.29) is 12.1 Å². The number of carbonyl (C=O) groups is 1. The summed E-state index contributed by atoms with van der Waals surface area (Å²) < 4.78 is 1.99. The number of amides is 1. The van der Waals surface area contributed by atoms with Crippen LogP contribution in [0.15, 0.2) is 35.6 Å². The van der Waals surface area contributed by atoms with Crippen LogP contribution in [0.3, 0.4) is 0 Å². The molecule has 8 nitrogen and oxygen atoms in total. The molecule has 8 heteroatoms. The minimum atomic E-state index is -0.254. The van der Waals surface area contributed by atoms with Gasteiger partial charge in [0.15, 0.2) is 6.17 Å². The van der Waals surface area contributed by atoms with Crippen molar-refractivity contribution in [1.82, 2.24) is 24.8 Å². The van der Waals surface area contributed by atoms with Crippen LogP contribution in [0.4, 0.5) is 0 Å². The van der Waals surface area contributed by atoms with E-state index < -0.39 is 0 Å². The molecule has 26 heavy (non-hydrogen) atoms. The first-order chi connectivity index (χ1) is 12.6. The standard InChI is InChI=1S/C18H22N6O2/c1-4-9-19-18-21-16(23(3)26-18)15-14-10-22(2)17(25)12-7-5-6-8-13(12)24(14)11-20-15/h5-8,11,16H,4,9-10H2,1-3H3,(H,19,21). The number of imidazole rings is 1. The molecule has 136 valence electrons. The summed E-state index contributed by atoms with van der Waals surface area (Å²) in [5.74, 6) is 0.00410. The summed E-state index contributed by atoms with van der Waals surface area (Å²) in [4.78, 5) is 29.1. The van der Waals surface area contributed by atoms with Gasteiger partial charge in [0, 0.05) is 20.6 Å². The lowest BCUT2D eigenvalue weighted by atomic mass is 10.1. The summed E-state index contributed by atoms with van der Waals surface area (Å²) in [6.07, 6.45) is 2.47. The average molecular weight is 354 g/mol. The van der Waals surface area contributed by atoms with Gasteiger partial charge in [0.25, 0.3) is 5.91 Å². The molecule has 1 saturated heterocycles. The number of amidine groups is 1. The zero-order valence-corrected chi connectivity index (χ0v) is 15.1. The third-order valence-electron chi connectivity index (χ3n) is 4.62. The number of para-hydroxylation sites is 1. The fourth-order valence-electron chi connectivity index (χ4n) is 3.30. The number of fused-ring (bicyclic) bond motifs is 3. The number of aliphatic imine (C=N–C) groups is 1. The van der Waals surface area contributed by atoms with Gasteiger partial charge in [0.2, 0.25) is 0 Å². The van der Waals surface area contributed by atoms with Gasteiger partial charge < -0.3 is 19.6 Å². The Hall–Kier alpha value is -2.87. The minimum Gasteiger partial charge on any atom is -0.366 e. The van der Waals surface area contributed by atoms with Crippen molar-refractivity contribution in [3.8, 4) is 5.69 Å². The van der Waals surface area contributed by atoms with Crippen LogP contribution in [-0.2, 0) is 11.4 Å². The highest BCUT2D eigenvalue weighted by atomic mass is 16.7. The second kappa shape index (κ2) is 6.45. The Balaban J connectivity index is 1.75. The molecule has 4 rings (SSSR count). The van der Waals surface area contributed by atoms with Crippen molar-refractivity contribution in [3.63, 3.8) is 0 Å².